The van der Waals surface area contributed by atoms with Gasteiger partial charge >= 0.3 is 12.1 Å². The summed E-state index contributed by atoms with van der Waals surface area (Å²) in [4.78, 5) is 26.8. The number of aliphatic carboxylic acids is 1. The van der Waals surface area contributed by atoms with Crippen molar-refractivity contribution < 1.29 is 24.6 Å². The van der Waals surface area contributed by atoms with Crippen LogP contribution in [0.4, 0.5) is 4.79 Å². The van der Waals surface area contributed by atoms with Crippen molar-refractivity contribution in [2.45, 2.75) is 0 Å². The van der Waals surface area contributed by atoms with E-state index in [-0.39, 0.29) is 24.4 Å². The highest BCUT2D eigenvalue weighted by Crippen LogP contribution is 2.15. The minimum Gasteiger partial charge on any atom is -0.478 e. The zero-order valence-electron chi connectivity index (χ0n) is 7.48. The monoisotopic (exact) mass is 202 g/mol. The second-order valence-electron chi connectivity index (χ2n) is 2.71. The van der Waals surface area contributed by atoms with E-state index in [1.54, 1.807) is 0 Å². The Morgan fingerprint density at radius 3 is 2.50 bits per heavy atom. The first-order valence-electron chi connectivity index (χ1n) is 3.78. The van der Waals surface area contributed by atoms with Gasteiger partial charge in [0.2, 0.25) is 0 Å². The number of hydrogen-bond acceptors (Lipinski definition) is 4. The summed E-state index contributed by atoms with van der Waals surface area (Å²) in [6.45, 7) is -0.124. The highest BCUT2D eigenvalue weighted by Gasteiger charge is 2.29. The minimum atomic E-state index is -1.16. The molecule has 0 aromatic rings. The van der Waals surface area contributed by atoms with Gasteiger partial charge in [0.1, 0.15) is 0 Å². The molecule has 0 saturated heterocycles. The molecule has 14 heavy (non-hydrogen) atoms. The zero-order valence-corrected chi connectivity index (χ0v) is 7.48. The van der Waals surface area contributed by atoms with Crippen molar-refractivity contribution in [2.75, 3.05) is 20.2 Å². The van der Waals surface area contributed by atoms with Gasteiger partial charge in [0, 0.05) is 0 Å². The lowest BCUT2D eigenvalue weighted by atomic mass is 10.2. The maximum Gasteiger partial charge on any atom is 0.407 e. The summed E-state index contributed by atoms with van der Waals surface area (Å²) in [5.41, 5.74) is 2.63. The summed E-state index contributed by atoms with van der Waals surface area (Å²) < 4.78 is 0. The van der Waals surface area contributed by atoms with E-state index in [9.17, 15) is 9.59 Å². The number of nitrogens with one attached hydrogen (secondary N) is 1. The molecular formula is C7H10N2O5. The van der Waals surface area contributed by atoms with Crippen LogP contribution in [-0.2, 0) is 9.63 Å². The van der Waals surface area contributed by atoms with Gasteiger partial charge in [-0.2, -0.15) is 0 Å². The summed E-state index contributed by atoms with van der Waals surface area (Å²) in [5.74, 6) is -1.15. The lowest BCUT2D eigenvalue weighted by Crippen LogP contribution is -2.29. The lowest BCUT2D eigenvalue weighted by Gasteiger charge is -2.10. The standard InChI is InChI=1S/C7H10N2O5/c1-14-8-5-3-9(7(12)13)2-4(5)6(10)11/h8H,2-3H2,1H3,(H,10,11)(H,12,13). The maximum atomic E-state index is 10.7. The topological polar surface area (TPSA) is 99.1 Å². The molecule has 1 heterocycles. The molecule has 0 atom stereocenters. The van der Waals surface area contributed by atoms with Crippen LogP contribution in [0.1, 0.15) is 0 Å². The average Bonchev–Trinajstić information content (AvgIpc) is 2.49. The molecule has 1 amide bonds. The number of rotatable bonds is 3. The molecule has 0 spiro atoms. The Bertz CT molecular complexity index is 298. The first-order valence-corrected chi connectivity index (χ1v) is 3.78. The number of nitrogens with zero attached hydrogens (tertiary/aromatic N) is 1. The Morgan fingerprint density at radius 1 is 1.43 bits per heavy atom. The fraction of sp³-hybridized carbons (Fsp3) is 0.429. The second kappa shape index (κ2) is 3.97. The van der Waals surface area contributed by atoms with Crippen LogP contribution in [0.15, 0.2) is 11.3 Å². The predicted octanol–water partition coefficient (Wildman–Crippen LogP) is -0.530. The Hall–Kier alpha value is -1.76. The van der Waals surface area contributed by atoms with Crippen LogP contribution in [-0.4, -0.2) is 47.4 Å². The van der Waals surface area contributed by atoms with E-state index in [0.29, 0.717) is 0 Å². The van der Waals surface area contributed by atoms with Crippen LogP contribution in [0.25, 0.3) is 0 Å². The lowest BCUT2D eigenvalue weighted by molar-refractivity contribution is -0.132. The van der Waals surface area contributed by atoms with E-state index in [1.807, 2.05) is 0 Å². The summed E-state index contributed by atoms with van der Waals surface area (Å²) in [6, 6.07) is 0. The number of amides is 1. The molecule has 78 valence electrons. The number of carboxylic acid groups (broad SMARTS) is 2. The third kappa shape index (κ3) is 1.94. The van der Waals surface area contributed by atoms with E-state index in [0.717, 1.165) is 4.90 Å². The van der Waals surface area contributed by atoms with Gasteiger partial charge in [-0.25, -0.2) is 9.59 Å². The Morgan fingerprint density at radius 2 is 2.07 bits per heavy atom. The smallest absolute Gasteiger partial charge is 0.407 e. The first-order chi connectivity index (χ1) is 6.56. The van der Waals surface area contributed by atoms with Gasteiger partial charge in [0.25, 0.3) is 0 Å². The molecule has 0 radical (unpaired) electrons. The molecule has 1 aliphatic heterocycles. The normalized spacial score (nSPS) is 15.9. The largest absolute Gasteiger partial charge is 0.478 e. The molecule has 1 aliphatic rings. The quantitative estimate of drug-likeness (QED) is 0.532. The molecule has 0 unspecified atom stereocenters. The van der Waals surface area contributed by atoms with Crippen LogP contribution in [0.5, 0.6) is 0 Å². The SMILES string of the molecule is CONC1=C(C(=O)O)CN(C(=O)O)C1. The van der Waals surface area contributed by atoms with Crippen molar-refractivity contribution in [3.8, 4) is 0 Å². The van der Waals surface area contributed by atoms with Gasteiger partial charge in [-0.05, 0) is 0 Å². The zero-order chi connectivity index (χ0) is 10.7. The van der Waals surface area contributed by atoms with Gasteiger partial charge in [-0.3, -0.25) is 15.2 Å². The third-order valence-electron chi connectivity index (χ3n) is 1.82. The molecule has 0 saturated carbocycles. The summed E-state index contributed by atoms with van der Waals surface area (Å²) in [5, 5.41) is 17.4. The van der Waals surface area contributed by atoms with E-state index >= 15 is 0 Å². The highest BCUT2D eigenvalue weighted by molar-refractivity contribution is 5.89. The molecular weight excluding hydrogens is 192 g/mol. The molecule has 0 bridgehead atoms. The third-order valence-corrected chi connectivity index (χ3v) is 1.82. The molecule has 0 fully saturated rings. The minimum absolute atomic E-state index is 0.00477. The first kappa shape index (κ1) is 10.3. The summed E-state index contributed by atoms with van der Waals surface area (Å²) in [7, 11) is 1.33. The van der Waals surface area contributed by atoms with E-state index < -0.39 is 12.1 Å². The molecule has 7 nitrogen and oxygen atoms in total. The average molecular weight is 202 g/mol. The molecule has 0 aromatic heterocycles. The Balaban J connectivity index is 2.78. The molecule has 0 aromatic carbocycles. The number of hydroxylamine groups is 1. The Kier molecular flexibility index (Phi) is 2.92. The highest BCUT2D eigenvalue weighted by atomic mass is 16.6. The number of carbonyl (C=O) groups is 2. The number of carboxylic acids is 1. The van der Waals surface area contributed by atoms with Crippen LogP contribution >= 0.6 is 0 Å². The Labute approximate surface area is 79.5 Å². The second-order valence-corrected chi connectivity index (χ2v) is 2.71. The van der Waals surface area contributed by atoms with Gasteiger partial charge in [-0.1, -0.05) is 0 Å². The van der Waals surface area contributed by atoms with Crippen LogP contribution in [0.3, 0.4) is 0 Å². The van der Waals surface area contributed by atoms with E-state index in [4.69, 9.17) is 10.2 Å². The van der Waals surface area contributed by atoms with Gasteiger partial charge in [0.05, 0.1) is 31.5 Å². The van der Waals surface area contributed by atoms with Crippen molar-refractivity contribution in [2.24, 2.45) is 0 Å². The molecule has 1 rings (SSSR count). The fourth-order valence-electron chi connectivity index (χ4n) is 1.18. The van der Waals surface area contributed by atoms with Crippen LogP contribution < -0.4 is 5.48 Å². The van der Waals surface area contributed by atoms with Crippen molar-refractivity contribution in [1.29, 1.82) is 0 Å². The van der Waals surface area contributed by atoms with E-state index in [1.165, 1.54) is 7.11 Å². The molecule has 0 aliphatic carbocycles. The summed E-state index contributed by atoms with van der Waals surface area (Å²) >= 11 is 0. The van der Waals surface area contributed by atoms with Gasteiger partial charge < -0.3 is 10.2 Å². The van der Waals surface area contributed by atoms with Crippen molar-refractivity contribution in [1.82, 2.24) is 10.4 Å². The van der Waals surface area contributed by atoms with Gasteiger partial charge in [-0.15, -0.1) is 0 Å². The maximum absolute atomic E-state index is 10.7. The van der Waals surface area contributed by atoms with Crippen LogP contribution in [0, 0.1) is 0 Å². The van der Waals surface area contributed by atoms with Crippen molar-refractivity contribution in [3.63, 3.8) is 0 Å². The molecule has 3 N–H and O–H groups in total. The fourth-order valence-corrected chi connectivity index (χ4v) is 1.18. The predicted molar refractivity (Wildman–Crippen MR) is 44.4 cm³/mol. The van der Waals surface area contributed by atoms with Gasteiger partial charge in [0.15, 0.2) is 0 Å². The number of hydrogen-bond donors (Lipinski definition) is 3. The van der Waals surface area contributed by atoms with Crippen molar-refractivity contribution >= 4 is 12.1 Å². The van der Waals surface area contributed by atoms with Crippen LogP contribution in [0.2, 0.25) is 0 Å². The van der Waals surface area contributed by atoms with Crippen molar-refractivity contribution in [3.05, 3.63) is 11.3 Å². The summed E-state index contributed by atoms with van der Waals surface area (Å²) in [6.07, 6.45) is -1.16. The van der Waals surface area contributed by atoms with E-state index in [2.05, 4.69) is 10.3 Å². The molecule has 7 heteroatoms.